The van der Waals surface area contributed by atoms with E-state index in [2.05, 4.69) is 10.6 Å². The van der Waals surface area contributed by atoms with E-state index in [1.807, 2.05) is 6.92 Å². The Morgan fingerprint density at radius 2 is 2.13 bits per heavy atom. The molecule has 0 bridgehead atoms. The molecule has 126 valence electrons. The molecule has 0 aliphatic carbocycles. The highest BCUT2D eigenvalue weighted by atomic mass is 16.6. The highest BCUT2D eigenvalue weighted by molar-refractivity contribution is 5.94. The van der Waals surface area contributed by atoms with Gasteiger partial charge in [-0.3, -0.25) is 25.0 Å². The van der Waals surface area contributed by atoms with E-state index in [0.29, 0.717) is 18.6 Å². The molecule has 1 atom stereocenters. The second-order valence-corrected chi connectivity index (χ2v) is 4.75. The summed E-state index contributed by atoms with van der Waals surface area (Å²) in [6.07, 6.45) is 1.03. The number of nitrogens with one attached hydrogen (secondary N) is 2. The molecule has 0 aliphatic heterocycles. The summed E-state index contributed by atoms with van der Waals surface area (Å²) in [6, 6.07) is 3.19. The lowest BCUT2D eigenvalue weighted by Gasteiger charge is -2.13. The van der Waals surface area contributed by atoms with Gasteiger partial charge in [0, 0.05) is 0 Å². The van der Waals surface area contributed by atoms with Crippen LogP contribution in [-0.2, 0) is 9.59 Å². The molecular formula is C14H19N3O6. The Morgan fingerprint density at radius 1 is 1.43 bits per heavy atom. The second kappa shape index (κ2) is 8.69. The van der Waals surface area contributed by atoms with Gasteiger partial charge in [0.2, 0.25) is 5.91 Å². The van der Waals surface area contributed by atoms with Gasteiger partial charge in [-0.2, -0.15) is 0 Å². The molecule has 0 fully saturated rings. The minimum Gasteiger partial charge on any atom is -0.496 e. The summed E-state index contributed by atoms with van der Waals surface area (Å²) in [5, 5.41) is 25.0. The smallest absolute Gasteiger partial charge is 0.320 e. The minimum absolute atomic E-state index is 0.0185. The van der Waals surface area contributed by atoms with E-state index in [1.54, 1.807) is 0 Å². The van der Waals surface area contributed by atoms with Crippen molar-refractivity contribution in [3.05, 3.63) is 28.3 Å². The summed E-state index contributed by atoms with van der Waals surface area (Å²) in [4.78, 5) is 33.2. The molecule has 1 aromatic carbocycles. The van der Waals surface area contributed by atoms with E-state index in [4.69, 9.17) is 9.84 Å². The number of ether oxygens (including phenoxy) is 1. The molecular weight excluding hydrogens is 306 g/mol. The third-order valence-corrected chi connectivity index (χ3v) is 3.06. The number of carbonyl (C=O) groups is 2. The summed E-state index contributed by atoms with van der Waals surface area (Å²) in [5.41, 5.74) is -0.286. The number of carbonyl (C=O) groups excluding carboxylic acids is 1. The minimum atomic E-state index is -1.05. The zero-order valence-electron chi connectivity index (χ0n) is 12.9. The van der Waals surface area contributed by atoms with Crippen LogP contribution in [0.4, 0.5) is 11.4 Å². The van der Waals surface area contributed by atoms with E-state index in [-0.39, 0.29) is 17.9 Å². The van der Waals surface area contributed by atoms with Crippen LogP contribution in [0.2, 0.25) is 0 Å². The molecule has 0 aliphatic rings. The quantitative estimate of drug-likeness (QED) is 0.462. The molecule has 1 aromatic rings. The second-order valence-electron chi connectivity index (χ2n) is 4.75. The summed E-state index contributed by atoms with van der Waals surface area (Å²) in [6.45, 7) is 1.57. The number of hydrogen-bond acceptors (Lipinski definition) is 6. The lowest BCUT2D eigenvalue weighted by molar-refractivity contribution is -0.384. The largest absolute Gasteiger partial charge is 0.496 e. The highest BCUT2D eigenvalue weighted by Gasteiger charge is 2.19. The Balaban J connectivity index is 2.74. The number of nitro benzene ring substituents is 1. The fourth-order valence-corrected chi connectivity index (χ4v) is 1.91. The normalized spacial score (nSPS) is 11.6. The van der Waals surface area contributed by atoms with Gasteiger partial charge >= 0.3 is 5.97 Å². The van der Waals surface area contributed by atoms with Crippen molar-refractivity contribution in [2.75, 3.05) is 19.0 Å². The van der Waals surface area contributed by atoms with Crippen molar-refractivity contribution in [3.8, 4) is 5.75 Å². The van der Waals surface area contributed by atoms with E-state index in [0.717, 1.165) is 0 Å². The Morgan fingerprint density at radius 3 is 2.65 bits per heavy atom. The Labute approximate surface area is 132 Å². The Kier molecular flexibility index (Phi) is 6.94. The number of aliphatic carboxylic acids is 1. The van der Waals surface area contributed by atoms with E-state index < -0.39 is 22.8 Å². The molecule has 1 amide bonds. The van der Waals surface area contributed by atoms with Crippen molar-refractivity contribution in [3.63, 3.8) is 0 Å². The van der Waals surface area contributed by atoms with Crippen LogP contribution in [0.5, 0.6) is 5.75 Å². The average molecular weight is 325 g/mol. The molecule has 0 saturated carbocycles. The van der Waals surface area contributed by atoms with Crippen LogP contribution in [-0.4, -0.2) is 41.6 Å². The lowest BCUT2D eigenvalue weighted by Crippen LogP contribution is -2.41. The Hall–Kier alpha value is -2.68. The van der Waals surface area contributed by atoms with E-state index >= 15 is 0 Å². The number of carboxylic acids is 1. The molecule has 0 aromatic heterocycles. The average Bonchev–Trinajstić information content (AvgIpc) is 2.51. The SMILES string of the molecule is CCCC(NCC(=O)Nc1ccc(OC)cc1[N+](=O)[O-])C(=O)O. The molecule has 0 radical (unpaired) electrons. The molecule has 1 unspecified atom stereocenters. The van der Waals surface area contributed by atoms with Crippen molar-refractivity contribution in [1.29, 1.82) is 0 Å². The standard InChI is InChI=1S/C14H19N3O6/c1-3-4-11(14(19)20)15-8-13(18)16-10-6-5-9(23-2)7-12(10)17(21)22/h5-7,11,15H,3-4,8H2,1-2H3,(H,16,18)(H,19,20). The summed E-state index contributed by atoms with van der Waals surface area (Å²) >= 11 is 0. The van der Waals surface area contributed by atoms with Gasteiger partial charge in [-0.15, -0.1) is 0 Å². The topological polar surface area (TPSA) is 131 Å². The molecule has 1 rings (SSSR count). The van der Waals surface area contributed by atoms with Gasteiger partial charge in [-0.1, -0.05) is 13.3 Å². The molecule has 23 heavy (non-hydrogen) atoms. The number of hydrogen-bond donors (Lipinski definition) is 3. The van der Waals surface area contributed by atoms with Crippen LogP contribution in [0.25, 0.3) is 0 Å². The molecule has 0 saturated heterocycles. The van der Waals surface area contributed by atoms with Gasteiger partial charge in [0.25, 0.3) is 5.69 Å². The van der Waals surface area contributed by atoms with E-state index in [9.17, 15) is 19.7 Å². The number of nitrogens with zero attached hydrogens (tertiary/aromatic N) is 1. The lowest BCUT2D eigenvalue weighted by atomic mass is 10.1. The van der Waals surface area contributed by atoms with Gasteiger partial charge in [-0.25, -0.2) is 0 Å². The monoisotopic (exact) mass is 325 g/mol. The maximum absolute atomic E-state index is 11.9. The van der Waals surface area contributed by atoms with Crippen LogP contribution < -0.4 is 15.4 Å². The molecule has 9 nitrogen and oxygen atoms in total. The number of rotatable bonds is 9. The fourth-order valence-electron chi connectivity index (χ4n) is 1.91. The van der Waals surface area contributed by atoms with Crippen LogP contribution in [0.1, 0.15) is 19.8 Å². The van der Waals surface area contributed by atoms with Gasteiger partial charge in [0.15, 0.2) is 0 Å². The number of carboxylic acid groups (broad SMARTS) is 1. The predicted molar refractivity (Wildman–Crippen MR) is 82.6 cm³/mol. The van der Waals surface area contributed by atoms with Crippen molar-refractivity contribution >= 4 is 23.3 Å². The zero-order valence-corrected chi connectivity index (χ0v) is 12.9. The third kappa shape index (κ3) is 5.55. The number of nitro groups is 1. The molecule has 9 heteroatoms. The van der Waals surface area contributed by atoms with Crippen molar-refractivity contribution in [2.24, 2.45) is 0 Å². The van der Waals surface area contributed by atoms with Gasteiger partial charge in [0.05, 0.1) is 24.6 Å². The predicted octanol–water partition coefficient (Wildman–Crippen LogP) is 1.38. The number of amides is 1. The van der Waals surface area contributed by atoms with Crippen LogP contribution >= 0.6 is 0 Å². The van der Waals surface area contributed by atoms with Gasteiger partial charge in [0.1, 0.15) is 17.5 Å². The zero-order chi connectivity index (χ0) is 17.4. The number of benzene rings is 1. The van der Waals surface area contributed by atoms with Gasteiger partial charge in [-0.05, 0) is 18.6 Å². The first-order chi connectivity index (χ1) is 10.9. The maximum atomic E-state index is 11.9. The number of methoxy groups -OCH3 is 1. The number of anilines is 1. The van der Waals surface area contributed by atoms with Crippen molar-refractivity contribution in [2.45, 2.75) is 25.8 Å². The molecule has 0 spiro atoms. The van der Waals surface area contributed by atoms with Crippen LogP contribution in [0, 0.1) is 10.1 Å². The summed E-state index contributed by atoms with van der Waals surface area (Å²) < 4.78 is 4.90. The first kappa shape index (κ1) is 18.4. The van der Waals surface area contributed by atoms with Crippen molar-refractivity contribution < 1.29 is 24.4 Å². The highest BCUT2D eigenvalue weighted by Crippen LogP contribution is 2.28. The molecule has 0 heterocycles. The first-order valence-corrected chi connectivity index (χ1v) is 6.97. The van der Waals surface area contributed by atoms with E-state index in [1.165, 1.54) is 25.3 Å². The van der Waals surface area contributed by atoms with Crippen LogP contribution in [0.15, 0.2) is 18.2 Å². The van der Waals surface area contributed by atoms with Crippen LogP contribution in [0.3, 0.4) is 0 Å². The van der Waals surface area contributed by atoms with Gasteiger partial charge < -0.3 is 15.2 Å². The molecule has 3 N–H and O–H groups in total. The third-order valence-electron chi connectivity index (χ3n) is 3.06. The summed E-state index contributed by atoms with van der Waals surface area (Å²) in [7, 11) is 1.38. The maximum Gasteiger partial charge on any atom is 0.320 e. The fraction of sp³-hybridized carbons (Fsp3) is 0.429. The first-order valence-electron chi connectivity index (χ1n) is 6.97. The summed E-state index contributed by atoms with van der Waals surface area (Å²) in [5.74, 6) is -1.32. The van der Waals surface area contributed by atoms with Crippen molar-refractivity contribution in [1.82, 2.24) is 5.32 Å². The Bertz CT molecular complexity index is 590.